The molecule has 2 aliphatic rings. The molecule has 1 aromatic carbocycles. The van der Waals surface area contributed by atoms with Crippen LogP contribution in [0.2, 0.25) is 0 Å². The molecule has 0 unspecified atom stereocenters. The van der Waals surface area contributed by atoms with Gasteiger partial charge in [-0.2, -0.15) is 0 Å². The van der Waals surface area contributed by atoms with Crippen LogP contribution in [-0.4, -0.2) is 63.7 Å². The van der Waals surface area contributed by atoms with Crippen LogP contribution in [0.1, 0.15) is 6.42 Å². The standard InChI is InChI=1S/C17H23N3O4/c1-23-14-4-3-13(10-15(14)24-2)20-11-12(9-16(20)21)17(22)19-7-5-18-6-8-19/h3-4,10,12,18H,5-9,11H2,1-2H3/t12-/m1/s1. The molecule has 130 valence electrons. The monoisotopic (exact) mass is 333 g/mol. The van der Waals surface area contributed by atoms with E-state index in [9.17, 15) is 9.59 Å². The average molecular weight is 333 g/mol. The van der Waals surface area contributed by atoms with Gasteiger partial charge in [-0.15, -0.1) is 0 Å². The normalized spacial score (nSPS) is 21.1. The van der Waals surface area contributed by atoms with Gasteiger partial charge in [-0.3, -0.25) is 9.59 Å². The molecule has 1 N–H and O–H groups in total. The highest BCUT2D eigenvalue weighted by atomic mass is 16.5. The van der Waals surface area contributed by atoms with Crippen molar-refractivity contribution in [2.75, 3.05) is 51.8 Å². The number of benzene rings is 1. The maximum absolute atomic E-state index is 12.6. The predicted molar refractivity (Wildman–Crippen MR) is 89.5 cm³/mol. The van der Waals surface area contributed by atoms with Crippen LogP contribution in [0.25, 0.3) is 0 Å². The molecule has 24 heavy (non-hydrogen) atoms. The number of hydrogen-bond acceptors (Lipinski definition) is 5. The third-order valence-corrected chi connectivity index (χ3v) is 4.58. The Morgan fingerprint density at radius 1 is 1.17 bits per heavy atom. The molecule has 3 rings (SSSR count). The summed E-state index contributed by atoms with van der Waals surface area (Å²) < 4.78 is 10.5. The van der Waals surface area contributed by atoms with Crippen molar-refractivity contribution in [1.29, 1.82) is 0 Å². The van der Waals surface area contributed by atoms with Gasteiger partial charge >= 0.3 is 0 Å². The van der Waals surface area contributed by atoms with E-state index >= 15 is 0 Å². The molecule has 7 heteroatoms. The quantitative estimate of drug-likeness (QED) is 0.868. The first-order valence-electron chi connectivity index (χ1n) is 8.16. The Hall–Kier alpha value is -2.28. The van der Waals surface area contributed by atoms with E-state index < -0.39 is 0 Å². The van der Waals surface area contributed by atoms with Gasteiger partial charge in [0.15, 0.2) is 11.5 Å². The Labute approximate surface area is 141 Å². The third-order valence-electron chi connectivity index (χ3n) is 4.58. The van der Waals surface area contributed by atoms with Crippen LogP contribution in [-0.2, 0) is 9.59 Å². The smallest absolute Gasteiger partial charge is 0.228 e. The molecule has 0 bridgehead atoms. The molecule has 0 saturated carbocycles. The number of rotatable bonds is 4. The Morgan fingerprint density at radius 2 is 1.88 bits per heavy atom. The predicted octanol–water partition coefficient (Wildman–Crippen LogP) is 0.489. The lowest BCUT2D eigenvalue weighted by atomic mass is 10.1. The average Bonchev–Trinajstić information content (AvgIpc) is 3.03. The van der Waals surface area contributed by atoms with Crippen molar-refractivity contribution in [3.05, 3.63) is 18.2 Å². The molecule has 7 nitrogen and oxygen atoms in total. The van der Waals surface area contributed by atoms with Crippen LogP contribution in [0.4, 0.5) is 5.69 Å². The van der Waals surface area contributed by atoms with Crippen molar-refractivity contribution in [2.24, 2.45) is 5.92 Å². The van der Waals surface area contributed by atoms with E-state index in [1.165, 1.54) is 0 Å². The lowest BCUT2D eigenvalue weighted by Gasteiger charge is -2.29. The summed E-state index contributed by atoms with van der Waals surface area (Å²) in [4.78, 5) is 28.5. The number of nitrogens with one attached hydrogen (secondary N) is 1. The molecule has 1 atom stereocenters. The summed E-state index contributed by atoms with van der Waals surface area (Å²) in [6, 6.07) is 5.36. The summed E-state index contributed by atoms with van der Waals surface area (Å²) in [5.74, 6) is 0.952. The number of carbonyl (C=O) groups is 2. The number of piperazine rings is 1. The van der Waals surface area contributed by atoms with Crippen LogP contribution in [0.3, 0.4) is 0 Å². The molecule has 0 aliphatic carbocycles. The van der Waals surface area contributed by atoms with Gasteiger partial charge in [0, 0.05) is 50.9 Å². The summed E-state index contributed by atoms with van der Waals surface area (Å²) in [6.45, 7) is 3.45. The second-order valence-electron chi connectivity index (χ2n) is 6.02. The van der Waals surface area contributed by atoms with Crippen LogP contribution < -0.4 is 19.7 Å². The molecule has 2 aliphatic heterocycles. The van der Waals surface area contributed by atoms with E-state index in [4.69, 9.17) is 9.47 Å². The highest BCUT2D eigenvalue weighted by molar-refractivity contribution is 6.00. The van der Waals surface area contributed by atoms with E-state index in [2.05, 4.69) is 5.32 Å². The van der Waals surface area contributed by atoms with Crippen LogP contribution in [0, 0.1) is 5.92 Å². The van der Waals surface area contributed by atoms with Gasteiger partial charge in [0.1, 0.15) is 0 Å². The minimum Gasteiger partial charge on any atom is -0.493 e. The van der Waals surface area contributed by atoms with Gasteiger partial charge in [-0.1, -0.05) is 0 Å². The molecular formula is C17H23N3O4. The molecular weight excluding hydrogens is 310 g/mol. The van der Waals surface area contributed by atoms with Crippen molar-refractivity contribution in [3.8, 4) is 11.5 Å². The number of carbonyl (C=O) groups excluding carboxylic acids is 2. The number of methoxy groups -OCH3 is 2. The fourth-order valence-electron chi connectivity index (χ4n) is 3.26. The summed E-state index contributed by atoms with van der Waals surface area (Å²) in [5.41, 5.74) is 0.730. The van der Waals surface area contributed by atoms with Crippen LogP contribution in [0.5, 0.6) is 11.5 Å². The van der Waals surface area contributed by atoms with E-state index in [1.54, 1.807) is 31.3 Å². The Morgan fingerprint density at radius 3 is 2.54 bits per heavy atom. The van der Waals surface area contributed by atoms with Gasteiger partial charge < -0.3 is 24.6 Å². The summed E-state index contributed by atoms with van der Waals surface area (Å²) in [6.07, 6.45) is 0.261. The Balaban J connectivity index is 1.73. The van der Waals surface area contributed by atoms with Gasteiger partial charge in [0.2, 0.25) is 11.8 Å². The molecule has 2 saturated heterocycles. The number of hydrogen-bond donors (Lipinski definition) is 1. The summed E-state index contributed by atoms with van der Waals surface area (Å²) in [5, 5.41) is 3.23. The largest absolute Gasteiger partial charge is 0.493 e. The van der Waals surface area contributed by atoms with Gasteiger partial charge in [-0.05, 0) is 12.1 Å². The van der Waals surface area contributed by atoms with Gasteiger partial charge in [0.25, 0.3) is 0 Å². The van der Waals surface area contributed by atoms with Gasteiger partial charge in [-0.25, -0.2) is 0 Å². The fraction of sp³-hybridized carbons (Fsp3) is 0.529. The van der Waals surface area contributed by atoms with E-state index in [1.807, 2.05) is 11.0 Å². The molecule has 2 fully saturated rings. The zero-order chi connectivity index (χ0) is 17.1. The molecule has 0 aromatic heterocycles. The highest BCUT2D eigenvalue weighted by Crippen LogP contribution is 2.34. The number of anilines is 1. The SMILES string of the molecule is COc1ccc(N2C[C@H](C(=O)N3CCNCC3)CC2=O)cc1OC. The van der Waals surface area contributed by atoms with Crippen LogP contribution in [0.15, 0.2) is 18.2 Å². The minimum absolute atomic E-state index is 0.0318. The van der Waals surface area contributed by atoms with Crippen molar-refractivity contribution in [2.45, 2.75) is 6.42 Å². The Kier molecular flexibility index (Phi) is 4.89. The number of ether oxygens (including phenoxy) is 2. The minimum atomic E-state index is -0.274. The molecule has 0 radical (unpaired) electrons. The zero-order valence-corrected chi connectivity index (χ0v) is 14.1. The molecule has 0 spiro atoms. The van der Waals surface area contributed by atoms with Gasteiger partial charge in [0.05, 0.1) is 20.1 Å². The van der Waals surface area contributed by atoms with Crippen molar-refractivity contribution in [1.82, 2.24) is 10.2 Å². The second-order valence-corrected chi connectivity index (χ2v) is 6.02. The van der Waals surface area contributed by atoms with E-state index in [0.717, 1.165) is 18.8 Å². The van der Waals surface area contributed by atoms with Crippen molar-refractivity contribution < 1.29 is 19.1 Å². The maximum Gasteiger partial charge on any atom is 0.228 e. The lowest BCUT2D eigenvalue weighted by Crippen LogP contribution is -2.48. The van der Waals surface area contributed by atoms with Crippen molar-refractivity contribution in [3.63, 3.8) is 0 Å². The zero-order valence-electron chi connectivity index (χ0n) is 14.1. The Bertz CT molecular complexity index is 628. The van der Waals surface area contributed by atoms with E-state index in [-0.39, 0.29) is 24.2 Å². The fourth-order valence-corrected chi connectivity index (χ4v) is 3.26. The van der Waals surface area contributed by atoms with E-state index in [0.29, 0.717) is 31.1 Å². The lowest BCUT2D eigenvalue weighted by molar-refractivity contribution is -0.136. The number of amides is 2. The first-order valence-corrected chi connectivity index (χ1v) is 8.16. The molecule has 2 amide bonds. The second kappa shape index (κ2) is 7.09. The maximum atomic E-state index is 12.6. The van der Waals surface area contributed by atoms with Crippen LogP contribution >= 0.6 is 0 Å². The summed E-state index contributed by atoms with van der Waals surface area (Å²) in [7, 11) is 3.13. The third kappa shape index (κ3) is 3.17. The summed E-state index contributed by atoms with van der Waals surface area (Å²) >= 11 is 0. The highest BCUT2D eigenvalue weighted by Gasteiger charge is 2.37. The first kappa shape index (κ1) is 16.6. The first-order chi connectivity index (χ1) is 11.6. The molecule has 1 aromatic rings. The van der Waals surface area contributed by atoms with Crippen molar-refractivity contribution >= 4 is 17.5 Å². The topological polar surface area (TPSA) is 71.1 Å². The number of nitrogens with zero attached hydrogens (tertiary/aromatic N) is 2. The molecule has 2 heterocycles.